The molecule has 0 saturated carbocycles. The number of carbonyl (C=O) groups excluding carboxylic acids is 1. The molecule has 3 nitrogen and oxygen atoms in total. The molecule has 0 fully saturated rings. The summed E-state index contributed by atoms with van der Waals surface area (Å²) in [6, 6.07) is 15.6. The maximum absolute atomic E-state index is 14.4. The summed E-state index contributed by atoms with van der Waals surface area (Å²) in [6.07, 6.45) is -0.721. The smallest absolute Gasteiger partial charge is 0.248 e. The largest absolute Gasteiger partial charge is 0.478 e. The average molecular weight is 425 g/mol. The molecule has 7 heteroatoms. The molecular formula is C20H13Cl3FNO2. The van der Waals surface area contributed by atoms with Gasteiger partial charge in [-0.2, -0.15) is 0 Å². The van der Waals surface area contributed by atoms with Crippen LogP contribution in [0, 0.1) is 5.82 Å². The van der Waals surface area contributed by atoms with Crippen molar-refractivity contribution in [1.29, 1.82) is 0 Å². The first-order valence-corrected chi connectivity index (χ1v) is 8.95. The van der Waals surface area contributed by atoms with E-state index in [1.807, 2.05) is 0 Å². The molecule has 0 bridgehead atoms. The normalized spacial score (nSPS) is 11.9. The van der Waals surface area contributed by atoms with Crippen molar-refractivity contribution in [2.24, 2.45) is 5.73 Å². The zero-order chi connectivity index (χ0) is 19.6. The van der Waals surface area contributed by atoms with Gasteiger partial charge >= 0.3 is 0 Å². The summed E-state index contributed by atoms with van der Waals surface area (Å²) in [7, 11) is 0. The number of rotatable bonds is 5. The lowest BCUT2D eigenvalue weighted by molar-refractivity contribution is 0.0999. The molecule has 0 aromatic heterocycles. The van der Waals surface area contributed by atoms with Crippen LogP contribution in [0.1, 0.15) is 27.6 Å². The molecule has 3 aromatic carbocycles. The predicted molar refractivity (Wildman–Crippen MR) is 105 cm³/mol. The van der Waals surface area contributed by atoms with Gasteiger partial charge in [0.1, 0.15) is 0 Å². The van der Waals surface area contributed by atoms with Crippen molar-refractivity contribution in [3.63, 3.8) is 0 Å². The molecule has 3 aromatic rings. The van der Waals surface area contributed by atoms with Crippen molar-refractivity contribution in [3.05, 3.63) is 98.2 Å². The Bertz CT molecular complexity index is 993. The fourth-order valence-corrected chi connectivity index (χ4v) is 3.17. The molecule has 0 aliphatic carbocycles. The van der Waals surface area contributed by atoms with E-state index < -0.39 is 17.8 Å². The second kappa shape index (κ2) is 8.17. The summed E-state index contributed by atoms with van der Waals surface area (Å²) in [6.45, 7) is 0. The summed E-state index contributed by atoms with van der Waals surface area (Å²) < 4.78 is 20.3. The summed E-state index contributed by atoms with van der Waals surface area (Å²) in [5.74, 6) is -1.49. The first-order chi connectivity index (χ1) is 12.8. The van der Waals surface area contributed by atoms with Gasteiger partial charge in [-0.05, 0) is 48.0 Å². The molecule has 0 saturated heterocycles. The second-order valence-electron chi connectivity index (χ2n) is 5.72. The van der Waals surface area contributed by atoms with E-state index in [0.29, 0.717) is 26.2 Å². The maximum Gasteiger partial charge on any atom is 0.248 e. The number of halogens is 4. The zero-order valence-corrected chi connectivity index (χ0v) is 16.0. The van der Waals surface area contributed by atoms with Crippen molar-refractivity contribution in [1.82, 2.24) is 0 Å². The van der Waals surface area contributed by atoms with Gasteiger partial charge in [0.2, 0.25) is 5.91 Å². The van der Waals surface area contributed by atoms with Gasteiger partial charge in [0.05, 0.1) is 0 Å². The molecule has 0 aliphatic heterocycles. The van der Waals surface area contributed by atoms with E-state index in [9.17, 15) is 9.18 Å². The average Bonchev–Trinajstić information content (AvgIpc) is 2.62. The molecule has 1 atom stereocenters. The molecule has 27 heavy (non-hydrogen) atoms. The highest BCUT2D eigenvalue weighted by atomic mass is 35.5. The fraction of sp³-hybridized carbons (Fsp3) is 0.0500. The van der Waals surface area contributed by atoms with Crippen molar-refractivity contribution < 1.29 is 13.9 Å². The van der Waals surface area contributed by atoms with E-state index in [0.717, 1.165) is 6.07 Å². The van der Waals surface area contributed by atoms with Gasteiger partial charge in [-0.25, -0.2) is 4.39 Å². The molecule has 1 unspecified atom stereocenters. The minimum Gasteiger partial charge on any atom is -0.478 e. The summed E-state index contributed by atoms with van der Waals surface area (Å²) in [5, 5.41) is 1.39. The van der Waals surface area contributed by atoms with Crippen LogP contribution in [0.4, 0.5) is 4.39 Å². The molecule has 1 amide bonds. The second-order valence-corrected chi connectivity index (χ2v) is 7.00. The van der Waals surface area contributed by atoms with Crippen molar-refractivity contribution >= 4 is 40.7 Å². The highest BCUT2D eigenvalue weighted by Crippen LogP contribution is 2.35. The van der Waals surface area contributed by atoms with Crippen LogP contribution in [0.3, 0.4) is 0 Å². The summed E-state index contributed by atoms with van der Waals surface area (Å²) in [4.78, 5) is 11.2. The first-order valence-electron chi connectivity index (χ1n) is 7.81. The van der Waals surface area contributed by atoms with Crippen LogP contribution in [0.15, 0.2) is 60.7 Å². The maximum atomic E-state index is 14.4. The number of benzene rings is 3. The Kier molecular flexibility index (Phi) is 5.90. The van der Waals surface area contributed by atoms with E-state index in [4.69, 9.17) is 45.3 Å². The molecule has 0 aliphatic rings. The molecule has 138 valence electrons. The number of amides is 1. The molecular weight excluding hydrogens is 412 g/mol. The van der Waals surface area contributed by atoms with Crippen molar-refractivity contribution in [2.45, 2.75) is 6.10 Å². The Morgan fingerprint density at radius 2 is 1.59 bits per heavy atom. The van der Waals surface area contributed by atoms with Crippen LogP contribution in [0.25, 0.3) is 0 Å². The lowest BCUT2D eigenvalue weighted by Crippen LogP contribution is -2.13. The third-order valence-electron chi connectivity index (χ3n) is 3.88. The first kappa shape index (κ1) is 19.5. The topological polar surface area (TPSA) is 52.3 Å². The van der Waals surface area contributed by atoms with Gasteiger partial charge in [0, 0.05) is 26.2 Å². The Morgan fingerprint density at radius 1 is 0.926 bits per heavy atom. The zero-order valence-electron chi connectivity index (χ0n) is 13.8. The van der Waals surface area contributed by atoms with Crippen LogP contribution in [0.2, 0.25) is 15.1 Å². The van der Waals surface area contributed by atoms with Crippen LogP contribution < -0.4 is 10.5 Å². The number of hydrogen-bond donors (Lipinski definition) is 1. The molecule has 0 heterocycles. The number of primary amides is 1. The Balaban J connectivity index is 2.05. The minimum atomic E-state index is -0.726. The summed E-state index contributed by atoms with van der Waals surface area (Å²) in [5.41, 5.74) is 6.53. The summed E-state index contributed by atoms with van der Waals surface area (Å²) >= 11 is 18.3. The highest BCUT2D eigenvalue weighted by molar-refractivity contribution is 6.35. The molecule has 0 spiro atoms. The third-order valence-corrected chi connectivity index (χ3v) is 4.69. The van der Waals surface area contributed by atoms with E-state index in [1.165, 1.54) is 12.1 Å². The molecule has 3 rings (SSSR count). The number of nitrogens with two attached hydrogens (primary N) is 1. The van der Waals surface area contributed by atoms with Gasteiger partial charge in [0.25, 0.3) is 0 Å². The van der Waals surface area contributed by atoms with Gasteiger partial charge in [-0.1, -0.05) is 53.0 Å². The van der Waals surface area contributed by atoms with Crippen LogP contribution in [0.5, 0.6) is 5.75 Å². The minimum absolute atomic E-state index is 0.0485. The Hall–Kier alpha value is -2.27. The van der Waals surface area contributed by atoms with Gasteiger partial charge in [-0.3, -0.25) is 4.79 Å². The number of ether oxygens (including phenoxy) is 1. The predicted octanol–water partition coefficient (Wildman–Crippen LogP) is 6.05. The van der Waals surface area contributed by atoms with Crippen molar-refractivity contribution in [3.8, 4) is 5.75 Å². The van der Waals surface area contributed by atoms with E-state index >= 15 is 0 Å². The van der Waals surface area contributed by atoms with Crippen LogP contribution >= 0.6 is 34.8 Å². The van der Waals surface area contributed by atoms with Gasteiger partial charge in [-0.15, -0.1) is 0 Å². The SMILES string of the molecule is NC(=O)c1ccc(OC(c2ccc(Cl)cc2)c2ccc(Cl)cc2Cl)c(F)c1. The van der Waals surface area contributed by atoms with E-state index in [1.54, 1.807) is 42.5 Å². The Labute approximate surface area is 170 Å². The van der Waals surface area contributed by atoms with Crippen LogP contribution in [-0.2, 0) is 0 Å². The highest BCUT2D eigenvalue weighted by Gasteiger charge is 2.21. The fourth-order valence-electron chi connectivity index (χ4n) is 2.54. The van der Waals surface area contributed by atoms with E-state index in [-0.39, 0.29) is 11.3 Å². The van der Waals surface area contributed by atoms with Gasteiger partial charge < -0.3 is 10.5 Å². The Morgan fingerprint density at radius 3 is 2.19 bits per heavy atom. The lowest BCUT2D eigenvalue weighted by Gasteiger charge is -2.22. The number of hydrogen-bond acceptors (Lipinski definition) is 2. The van der Waals surface area contributed by atoms with E-state index in [2.05, 4.69) is 0 Å². The molecule has 2 N–H and O–H groups in total. The standard InChI is InChI=1S/C20H13Cl3FNO2/c21-13-4-1-11(2-5-13)19(15-7-6-14(22)10-16(15)23)27-18-8-3-12(20(25)26)9-17(18)24/h1-10,19H,(H2,25,26). The molecule has 0 radical (unpaired) electrons. The number of carbonyl (C=O) groups is 1. The lowest BCUT2D eigenvalue weighted by atomic mass is 10.0. The third kappa shape index (κ3) is 4.53. The monoisotopic (exact) mass is 423 g/mol. The quantitative estimate of drug-likeness (QED) is 0.542. The van der Waals surface area contributed by atoms with Crippen LogP contribution in [-0.4, -0.2) is 5.91 Å². The van der Waals surface area contributed by atoms with Gasteiger partial charge in [0.15, 0.2) is 17.7 Å². The van der Waals surface area contributed by atoms with Crippen molar-refractivity contribution in [2.75, 3.05) is 0 Å².